The zero-order chi connectivity index (χ0) is 17.7. The molecular formula is C19H21N5OS. The van der Waals surface area contributed by atoms with E-state index in [4.69, 9.17) is 0 Å². The van der Waals surface area contributed by atoms with Crippen LogP contribution < -0.4 is 5.32 Å². The van der Waals surface area contributed by atoms with Gasteiger partial charge in [0.15, 0.2) is 5.65 Å². The van der Waals surface area contributed by atoms with Gasteiger partial charge >= 0.3 is 0 Å². The third kappa shape index (κ3) is 2.76. The van der Waals surface area contributed by atoms with Gasteiger partial charge in [-0.15, -0.1) is 16.4 Å². The number of carbonyl (C=O) groups excluding carboxylic acids is 1. The molecule has 0 spiro atoms. The molecule has 3 unspecified atom stereocenters. The number of rotatable bonds is 4. The van der Waals surface area contributed by atoms with Crippen molar-refractivity contribution in [3.8, 4) is 0 Å². The number of nitrogens with one attached hydrogen (secondary N) is 1. The van der Waals surface area contributed by atoms with Crippen LogP contribution in [0.2, 0.25) is 0 Å². The van der Waals surface area contributed by atoms with E-state index in [2.05, 4.69) is 33.8 Å². The van der Waals surface area contributed by atoms with Crippen LogP contribution in [0.4, 0.5) is 5.82 Å². The number of carbonyl (C=O) groups is 1. The van der Waals surface area contributed by atoms with Gasteiger partial charge in [-0.3, -0.25) is 4.79 Å². The van der Waals surface area contributed by atoms with Crippen molar-refractivity contribution < 1.29 is 4.79 Å². The van der Waals surface area contributed by atoms with E-state index in [0.717, 1.165) is 37.4 Å². The molecule has 26 heavy (non-hydrogen) atoms. The summed E-state index contributed by atoms with van der Waals surface area (Å²) in [5.41, 5.74) is 2.17. The van der Waals surface area contributed by atoms with Gasteiger partial charge < -0.3 is 10.2 Å². The molecule has 6 nitrogen and oxygen atoms in total. The molecule has 1 amide bonds. The highest BCUT2D eigenvalue weighted by atomic mass is 32.1. The number of imidazole rings is 1. The van der Waals surface area contributed by atoms with E-state index >= 15 is 0 Å². The van der Waals surface area contributed by atoms with Crippen molar-refractivity contribution in [2.75, 3.05) is 18.4 Å². The maximum atomic E-state index is 12.8. The van der Waals surface area contributed by atoms with E-state index < -0.39 is 0 Å². The summed E-state index contributed by atoms with van der Waals surface area (Å²) in [6.45, 7) is 3.73. The predicted octanol–water partition coefficient (Wildman–Crippen LogP) is 2.92. The summed E-state index contributed by atoms with van der Waals surface area (Å²) >= 11 is 1.79. The minimum atomic E-state index is 0.187. The summed E-state index contributed by atoms with van der Waals surface area (Å²) in [7, 11) is 0. The molecule has 3 aromatic rings. The Kier molecular flexibility index (Phi) is 3.70. The summed E-state index contributed by atoms with van der Waals surface area (Å²) in [4.78, 5) is 20.5. The predicted molar refractivity (Wildman–Crippen MR) is 101 cm³/mol. The minimum Gasteiger partial charge on any atom is -0.364 e. The molecule has 1 saturated heterocycles. The number of hydrogen-bond donors (Lipinski definition) is 1. The Hall–Kier alpha value is -2.41. The lowest BCUT2D eigenvalue weighted by atomic mass is 10.2. The number of hydrogen-bond acceptors (Lipinski definition) is 5. The van der Waals surface area contributed by atoms with Gasteiger partial charge in [0.05, 0.1) is 0 Å². The zero-order valence-corrected chi connectivity index (χ0v) is 15.4. The fraction of sp³-hybridized carbons (Fsp3) is 0.421. The number of likely N-dealkylation sites (tertiary alicyclic amines) is 1. The highest BCUT2D eigenvalue weighted by molar-refractivity contribution is 7.10. The zero-order valence-electron chi connectivity index (χ0n) is 14.6. The number of fused-ring (bicyclic) bond motifs is 1. The molecule has 0 aromatic carbocycles. The molecule has 3 atom stereocenters. The lowest BCUT2D eigenvalue weighted by molar-refractivity contribution is -0.131. The standard InChI is InChI=1S/C19H21N5OS/c1-12-5-9-26-18(12)14-10-15(14)19(25)23-7-4-13(11-23)21-16-2-3-17-20-6-8-24(17)22-16/h2-3,5-6,8-9,13-15H,4,7,10-11H2,1H3,(H,21,22). The van der Waals surface area contributed by atoms with E-state index in [-0.39, 0.29) is 12.0 Å². The maximum absolute atomic E-state index is 12.8. The highest BCUT2D eigenvalue weighted by Crippen LogP contribution is 2.51. The van der Waals surface area contributed by atoms with Crippen molar-refractivity contribution in [2.45, 2.75) is 31.7 Å². The lowest BCUT2D eigenvalue weighted by Crippen LogP contribution is -2.33. The van der Waals surface area contributed by atoms with Crippen LogP contribution in [-0.4, -0.2) is 44.5 Å². The van der Waals surface area contributed by atoms with Crippen molar-refractivity contribution >= 4 is 28.7 Å². The van der Waals surface area contributed by atoms with Crippen molar-refractivity contribution in [3.05, 3.63) is 46.4 Å². The van der Waals surface area contributed by atoms with Crippen molar-refractivity contribution in [1.82, 2.24) is 19.5 Å². The maximum Gasteiger partial charge on any atom is 0.226 e. The SMILES string of the molecule is Cc1ccsc1C1CC1C(=O)N1CCC(Nc2ccc3nccn3n2)C1. The first-order valence-electron chi connectivity index (χ1n) is 9.09. The largest absolute Gasteiger partial charge is 0.364 e. The second-order valence-corrected chi connectivity index (χ2v) is 8.23. The van der Waals surface area contributed by atoms with Crippen molar-refractivity contribution in [2.24, 2.45) is 5.92 Å². The molecule has 1 saturated carbocycles. The molecule has 1 N–H and O–H groups in total. The molecule has 134 valence electrons. The van der Waals surface area contributed by atoms with E-state index in [1.165, 1.54) is 10.4 Å². The first kappa shape index (κ1) is 15.8. The van der Waals surface area contributed by atoms with Crippen LogP contribution in [-0.2, 0) is 4.79 Å². The Bertz CT molecular complexity index is 964. The van der Waals surface area contributed by atoms with Gasteiger partial charge in [-0.25, -0.2) is 9.50 Å². The van der Waals surface area contributed by atoms with Crippen LogP contribution in [0, 0.1) is 12.8 Å². The molecule has 3 aromatic heterocycles. The summed E-state index contributed by atoms with van der Waals surface area (Å²) in [6.07, 6.45) is 5.55. The summed E-state index contributed by atoms with van der Waals surface area (Å²) in [5.74, 6) is 1.78. The molecule has 1 aliphatic heterocycles. The Morgan fingerprint density at radius 1 is 1.35 bits per heavy atom. The fourth-order valence-corrected chi connectivity index (χ4v) is 5.04. The number of amides is 1. The smallest absolute Gasteiger partial charge is 0.226 e. The average Bonchev–Trinajstić information content (AvgIpc) is 3.00. The molecular weight excluding hydrogens is 346 g/mol. The minimum absolute atomic E-state index is 0.187. The molecule has 0 radical (unpaired) electrons. The fourth-order valence-electron chi connectivity index (χ4n) is 3.94. The normalized spacial score (nSPS) is 25.0. The van der Waals surface area contributed by atoms with Crippen LogP contribution >= 0.6 is 11.3 Å². The van der Waals surface area contributed by atoms with E-state index in [1.807, 2.05) is 23.2 Å². The molecule has 2 aliphatic rings. The molecule has 4 heterocycles. The van der Waals surface area contributed by atoms with Crippen LogP contribution in [0.25, 0.3) is 5.65 Å². The van der Waals surface area contributed by atoms with E-state index in [9.17, 15) is 4.79 Å². The third-order valence-corrected chi connectivity index (χ3v) is 6.60. The summed E-state index contributed by atoms with van der Waals surface area (Å²) in [6, 6.07) is 6.31. The number of thiophene rings is 1. The molecule has 2 fully saturated rings. The number of aromatic nitrogens is 3. The second-order valence-electron chi connectivity index (χ2n) is 7.28. The highest BCUT2D eigenvalue weighted by Gasteiger charge is 2.47. The quantitative estimate of drug-likeness (QED) is 0.770. The molecule has 1 aliphatic carbocycles. The van der Waals surface area contributed by atoms with Crippen LogP contribution in [0.15, 0.2) is 36.0 Å². The Morgan fingerprint density at radius 2 is 2.27 bits per heavy atom. The monoisotopic (exact) mass is 367 g/mol. The Balaban J connectivity index is 1.20. The Morgan fingerprint density at radius 3 is 3.12 bits per heavy atom. The topological polar surface area (TPSA) is 62.5 Å². The molecule has 5 rings (SSSR count). The van der Waals surface area contributed by atoms with Gasteiger partial charge in [0.25, 0.3) is 0 Å². The summed E-state index contributed by atoms with van der Waals surface area (Å²) in [5, 5.41) is 10.1. The average molecular weight is 367 g/mol. The van der Waals surface area contributed by atoms with E-state index in [1.54, 1.807) is 22.0 Å². The van der Waals surface area contributed by atoms with Gasteiger partial charge in [-0.2, -0.15) is 0 Å². The van der Waals surface area contributed by atoms with Gasteiger partial charge in [-0.1, -0.05) is 0 Å². The van der Waals surface area contributed by atoms with Crippen LogP contribution in [0.5, 0.6) is 0 Å². The first-order chi connectivity index (χ1) is 12.7. The van der Waals surface area contributed by atoms with Crippen molar-refractivity contribution in [1.29, 1.82) is 0 Å². The Labute approximate surface area is 155 Å². The number of anilines is 1. The summed E-state index contributed by atoms with van der Waals surface area (Å²) < 4.78 is 1.76. The molecule has 0 bridgehead atoms. The second kappa shape index (κ2) is 6.09. The number of aryl methyl sites for hydroxylation is 1. The van der Waals surface area contributed by atoms with Gasteiger partial charge in [0.1, 0.15) is 5.82 Å². The third-order valence-electron chi connectivity index (χ3n) is 5.45. The molecule has 7 heteroatoms. The van der Waals surface area contributed by atoms with Crippen molar-refractivity contribution in [3.63, 3.8) is 0 Å². The van der Waals surface area contributed by atoms with Gasteiger partial charge in [0, 0.05) is 48.2 Å². The van der Waals surface area contributed by atoms with Gasteiger partial charge in [0.2, 0.25) is 5.91 Å². The van der Waals surface area contributed by atoms with E-state index in [0.29, 0.717) is 11.8 Å². The van der Waals surface area contributed by atoms with Gasteiger partial charge in [-0.05, 0) is 48.9 Å². The van der Waals surface area contributed by atoms with Crippen LogP contribution in [0.1, 0.15) is 29.2 Å². The lowest BCUT2D eigenvalue weighted by Gasteiger charge is -2.17. The van der Waals surface area contributed by atoms with Crippen LogP contribution in [0.3, 0.4) is 0 Å². The number of nitrogens with zero attached hydrogens (tertiary/aromatic N) is 4. The first-order valence-corrected chi connectivity index (χ1v) is 9.97.